The third-order valence-corrected chi connectivity index (χ3v) is 8.08. The van der Waals surface area contributed by atoms with Crippen molar-refractivity contribution in [2.24, 2.45) is 29.1 Å². The molecule has 4 atom stereocenters. The number of carbonyl (C=O) groups excluding carboxylic acids is 6. The van der Waals surface area contributed by atoms with E-state index in [9.17, 15) is 28.8 Å². The van der Waals surface area contributed by atoms with Gasteiger partial charge in [-0.3, -0.25) is 38.6 Å². The molecule has 9 nitrogen and oxygen atoms in total. The first-order valence-corrected chi connectivity index (χ1v) is 10.7. The Labute approximate surface area is 189 Å². The van der Waals surface area contributed by atoms with Gasteiger partial charge in [0.15, 0.2) is 5.78 Å². The molecule has 170 valence electrons. The minimum atomic E-state index is -1.70. The van der Waals surface area contributed by atoms with Gasteiger partial charge in [-0.1, -0.05) is 31.2 Å². The maximum atomic E-state index is 13.4. The van der Waals surface area contributed by atoms with Gasteiger partial charge in [0, 0.05) is 30.6 Å². The van der Waals surface area contributed by atoms with E-state index in [4.69, 9.17) is 0 Å². The molecule has 0 radical (unpaired) electrons. The van der Waals surface area contributed by atoms with E-state index >= 15 is 0 Å². The van der Waals surface area contributed by atoms with Gasteiger partial charge < -0.3 is 5.32 Å². The lowest BCUT2D eigenvalue weighted by molar-refractivity contribution is -0.152. The summed E-state index contributed by atoms with van der Waals surface area (Å²) in [7, 11) is 2.69. The van der Waals surface area contributed by atoms with Crippen molar-refractivity contribution in [1.29, 1.82) is 0 Å². The number of Topliss-reactive ketones (excluding diaryl/α,β-unsaturated/α-hetero) is 1. The molecule has 0 spiro atoms. The summed E-state index contributed by atoms with van der Waals surface area (Å²) < 4.78 is 0. The fourth-order valence-corrected chi connectivity index (χ4v) is 6.61. The number of nitrogens with one attached hydrogen (secondary N) is 1. The predicted molar refractivity (Wildman–Crippen MR) is 113 cm³/mol. The SMILES string of the molecule is CC(=O)C1=CC2(NC(=O)c3ccccc3)C3C(=O)N(C)C(=O)C3C1(C)C1C(=O)N(C)C(=O)C12. The number of allylic oxidation sites excluding steroid dienone is 1. The molecule has 2 bridgehead atoms. The smallest absolute Gasteiger partial charge is 0.252 e. The van der Waals surface area contributed by atoms with Crippen LogP contribution < -0.4 is 5.32 Å². The Bertz CT molecular complexity index is 1160. The van der Waals surface area contributed by atoms with Crippen LogP contribution in [0.4, 0.5) is 0 Å². The Kier molecular flexibility index (Phi) is 4.16. The lowest BCUT2D eigenvalue weighted by Crippen LogP contribution is -2.73. The minimum absolute atomic E-state index is 0.186. The van der Waals surface area contributed by atoms with Crippen LogP contribution in [0.1, 0.15) is 24.2 Å². The highest BCUT2D eigenvalue weighted by Crippen LogP contribution is 2.67. The molecule has 5 aliphatic rings. The van der Waals surface area contributed by atoms with E-state index in [1.165, 1.54) is 27.1 Å². The summed E-state index contributed by atoms with van der Waals surface area (Å²) in [6.07, 6.45) is 1.48. The summed E-state index contributed by atoms with van der Waals surface area (Å²) in [6, 6.07) is 8.24. The van der Waals surface area contributed by atoms with Crippen LogP contribution in [-0.2, 0) is 24.0 Å². The summed E-state index contributed by atoms with van der Waals surface area (Å²) >= 11 is 0. The van der Waals surface area contributed by atoms with Crippen molar-refractivity contribution < 1.29 is 28.8 Å². The van der Waals surface area contributed by atoms with E-state index in [-0.39, 0.29) is 16.9 Å². The van der Waals surface area contributed by atoms with Gasteiger partial charge in [-0.2, -0.15) is 0 Å². The van der Waals surface area contributed by atoms with Crippen molar-refractivity contribution in [1.82, 2.24) is 15.1 Å². The van der Waals surface area contributed by atoms with E-state index in [1.54, 1.807) is 37.3 Å². The van der Waals surface area contributed by atoms with E-state index in [0.29, 0.717) is 0 Å². The fraction of sp³-hybridized carbons (Fsp3) is 0.417. The first-order valence-electron chi connectivity index (χ1n) is 10.7. The standard InChI is InChI=1S/C24H23N3O6/c1-11(28)13-10-24(25-18(29)12-8-6-5-7-9-12)16-14(19(30)26(3)21(16)32)23(13,2)15-17(24)22(33)27(4)20(15)31/h5-10,14-17H,1-4H3,(H,25,29). The van der Waals surface area contributed by atoms with Crippen LogP contribution in [0.5, 0.6) is 0 Å². The Morgan fingerprint density at radius 3 is 1.73 bits per heavy atom. The van der Waals surface area contributed by atoms with Crippen LogP contribution in [0.15, 0.2) is 42.0 Å². The van der Waals surface area contributed by atoms with Gasteiger partial charge in [0.05, 0.1) is 29.2 Å². The first kappa shape index (κ1) is 21.2. The molecular formula is C24H23N3O6. The molecule has 1 aromatic carbocycles. The average molecular weight is 449 g/mol. The lowest BCUT2D eigenvalue weighted by Gasteiger charge is -2.60. The molecule has 1 saturated carbocycles. The second-order valence-corrected chi connectivity index (χ2v) is 9.53. The Morgan fingerprint density at radius 2 is 1.27 bits per heavy atom. The van der Waals surface area contributed by atoms with Crippen LogP contribution in [0.2, 0.25) is 0 Å². The molecule has 1 N–H and O–H groups in total. The molecule has 0 aromatic heterocycles. The number of rotatable bonds is 3. The number of amides is 5. The zero-order valence-corrected chi connectivity index (χ0v) is 18.6. The maximum absolute atomic E-state index is 13.4. The highest BCUT2D eigenvalue weighted by Gasteiger charge is 2.80. The second-order valence-electron chi connectivity index (χ2n) is 9.53. The lowest BCUT2D eigenvalue weighted by atomic mass is 9.41. The number of hydrogen-bond acceptors (Lipinski definition) is 6. The van der Waals surface area contributed by atoms with Crippen LogP contribution in [0.3, 0.4) is 0 Å². The number of nitrogens with zero attached hydrogens (tertiary/aromatic N) is 2. The zero-order chi connectivity index (χ0) is 24.0. The molecule has 2 heterocycles. The molecule has 33 heavy (non-hydrogen) atoms. The number of ketones is 1. The van der Waals surface area contributed by atoms with Crippen molar-refractivity contribution >= 4 is 35.3 Å². The average Bonchev–Trinajstić information content (AvgIpc) is 3.17. The monoisotopic (exact) mass is 449 g/mol. The normalized spacial score (nSPS) is 36.7. The highest BCUT2D eigenvalue weighted by atomic mass is 16.2. The Balaban J connectivity index is 1.81. The van der Waals surface area contributed by atoms with Gasteiger partial charge in [0.1, 0.15) is 0 Å². The third kappa shape index (κ3) is 2.31. The molecule has 9 heteroatoms. The third-order valence-electron chi connectivity index (χ3n) is 8.08. The predicted octanol–water partition coefficient (Wildman–Crippen LogP) is 0.166. The van der Waals surface area contributed by atoms with Crippen molar-refractivity contribution in [3.8, 4) is 0 Å². The summed E-state index contributed by atoms with van der Waals surface area (Å²) in [4.78, 5) is 81.5. The summed E-state index contributed by atoms with van der Waals surface area (Å²) in [5.41, 5.74) is -2.58. The van der Waals surface area contributed by atoms with Crippen LogP contribution in [0.25, 0.3) is 0 Å². The summed E-state index contributed by atoms with van der Waals surface area (Å²) in [6.45, 7) is 2.94. The van der Waals surface area contributed by atoms with Gasteiger partial charge in [0.2, 0.25) is 23.6 Å². The van der Waals surface area contributed by atoms with Gasteiger partial charge in [-0.15, -0.1) is 0 Å². The fourth-order valence-electron chi connectivity index (χ4n) is 6.61. The van der Waals surface area contributed by atoms with Crippen LogP contribution >= 0.6 is 0 Å². The number of imide groups is 2. The van der Waals surface area contributed by atoms with Gasteiger partial charge in [-0.25, -0.2) is 0 Å². The number of hydrogen-bond donors (Lipinski definition) is 1. The molecule has 2 saturated heterocycles. The van der Waals surface area contributed by atoms with Crippen LogP contribution in [-0.4, -0.2) is 64.8 Å². The summed E-state index contributed by atoms with van der Waals surface area (Å²) in [5, 5.41) is 2.86. The number of benzene rings is 1. The highest BCUT2D eigenvalue weighted by molar-refractivity contribution is 6.15. The number of carbonyl (C=O) groups is 6. The molecule has 5 amide bonds. The van der Waals surface area contributed by atoms with Crippen molar-refractivity contribution in [2.45, 2.75) is 19.4 Å². The Hall–Kier alpha value is -3.62. The van der Waals surface area contributed by atoms with Crippen molar-refractivity contribution in [3.05, 3.63) is 47.5 Å². The molecule has 3 aliphatic carbocycles. The largest absolute Gasteiger partial charge is 0.341 e. The topological polar surface area (TPSA) is 121 Å². The van der Waals surface area contributed by atoms with Gasteiger partial charge in [0.25, 0.3) is 5.91 Å². The zero-order valence-electron chi connectivity index (χ0n) is 18.6. The second kappa shape index (κ2) is 6.46. The van der Waals surface area contributed by atoms with E-state index in [0.717, 1.165) is 9.80 Å². The Morgan fingerprint density at radius 1 is 0.818 bits per heavy atom. The molecule has 2 aliphatic heterocycles. The molecule has 4 unspecified atom stereocenters. The van der Waals surface area contributed by atoms with E-state index in [1.807, 2.05) is 0 Å². The van der Waals surface area contributed by atoms with Crippen LogP contribution in [0, 0.1) is 29.1 Å². The van der Waals surface area contributed by atoms with E-state index in [2.05, 4.69) is 5.32 Å². The van der Waals surface area contributed by atoms with Gasteiger partial charge >= 0.3 is 0 Å². The van der Waals surface area contributed by atoms with Crippen molar-refractivity contribution in [3.63, 3.8) is 0 Å². The molecular weight excluding hydrogens is 426 g/mol. The molecule has 1 aromatic rings. The quantitative estimate of drug-likeness (QED) is 0.657. The molecule has 6 rings (SSSR count). The molecule has 3 fully saturated rings. The first-order chi connectivity index (χ1) is 15.5. The number of likely N-dealkylation sites (tertiary alicyclic amines) is 2. The van der Waals surface area contributed by atoms with Crippen molar-refractivity contribution in [2.75, 3.05) is 14.1 Å². The summed E-state index contributed by atoms with van der Waals surface area (Å²) in [5.74, 6) is -7.41. The van der Waals surface area contributed by atoms with E-state index < -0.39 is 64.2 Å². The maximum Gasteiger partial charge on any atom is 0.252 e. The minimum Gasteiger partial charge on any atom is -0.341 e. The van der Waals surface area contributed by atoms with Gasteiger partial charge in [-0.05, 0) is 19.1 Å².